The molecule has 78 valence electrons. The molecule has 0 amide bonds. The van der Waals surface area contributed by atoms with E-state index in [1.54, 1.807) is 11.4 Å². The molecule has 3 nitrogen and oxygen atoms in total. The number of thiazole rings is 1. The number of hydrogen-bond donors (Lipinski definition) is 1. The van der Waals surface area contributed by atoms with E-state index in [4.69, 9.17) is 28.3 Å². The molecule has 0 fully saturated rings. The fraction of sp³-hybridized carbons (Fsp3) is 0. The first-order chi connectivity index (χ1) is 7.08. The predicted molar refractivity (Wildman–Crippen MR) is 62.4 cm³/mol. The minimum Gasteiger partial charge on any atom is -0.476 e. The number of carboxylic acid groups (broad SMARTS) is 1. The van der Waals surface area contributed by atoms with Crippen LogP contribution >= 0.6 is 45.9 Å². The molecule has 0 bridgehead atoms. The van der Waals surface area contributed by atoms with Gasteiger partial charge in [0.25, 0.3) is 0 Å². The fourth-order valence-electron chi connectivity index (χ4n) is 1.01. The van der Waals surface area contributed by atoms with E-state index in [1.165, 1.54) is 11.3 Å². The molecule has 0 radical (unpaired) electrons. The molecule has 0 aliphatic heterocycles. The van der Waals surface area contributed by atoms with Crippen LogP contribution < -0.4 is 0 Å². The molecule has 15 heavy (non-hydrogen) atoms. The number of hydrogen-bond acceptors (Lipinski definition) is 4. The number of carboxylic acids is 1. The highest BCUT2D eigenvalue weighted by molar-refractivity contribution is 7.20. The normalized spacial score (nSPS) is 10.5. The van der Waals surface area contributed by atoms with E-state index in [9.17, 15) is 4.79 Å². The van der Waals surface area contributed by atoms with Crippen LogP contribution in [0, 0.1) is 0 Å². The third-order valence-corrected chi connectivity index (χ3v) is 3.94. The second-order valence-electron chi connectivity index (χ2n) is 2.58. The SMILES string of the molecule is O=C(O)c1nc(-c2cc(Cl)sc2Cl)cs1. The Hall–Kier alpha value is -0.620. The molecule has 0 saturated heterocycles. The van der Waals surface area contributed by atoms with Gasteiger partial charge in [-0.25, -0.2) is 9.78 Å². The van der Waals surface area contributed by atoms with E-state index in [-0.39, 0.29) is 5.01 Å². The second kappa shape index (κ2) is 4.09. The van der Waals surface area contributed by atoms with Crippen LogP contribution in [0.1, 0.15) is 9.80 Å². The number of aromatic carboxylic acids is 1. The molecule has 2 aromatic heterocycles. The van der Waals surface area contributed by atoms with Gasteiger partial charge in [0.2, 0.25) is 5.01 Å². The van der Waals surface area contributed by atoms with Gasteiger partial charge in [-0.05, 0) is 6.07 Å². The van der Waals surface area contributed by atoms with Gasteiger partial charge in [0, 0.05) is 10.9 Å². The van der Waals surface area contributed by atoms with E-state index in [1.807, 2.05) is 0 Å². The molecule has 0 aromatic carbocycles. The fourth-order valence-corrected chi connectivity index (χ4v) is 3.15. The van der Waals surface area contributed by atoms with Crippen molar-refractivity contribution in [3.63, 3.8) is 0 Å². The number of halogens is 2. The van der Waals surface area contributed by atoms with Crippen LogP contribution in [0.4, 0.5) is 0 Å². The average molecular weight is 280 g/mol. The number of aromatic nitrogens is 1. The predicted octanol–water partition coefficient (Wildman–Crippen LogP) is 3.88. The first-order valence-electron chi connectivity index (χ1n) is 3.72. The van der Waals surface area contributed by atoms with Crippen molar-refractivity contribution < 1.29 is 9.90 Å². The van der Waals surface area contributed by atoms with Crippen LogP contribution in [0.25, 0.3) is 11.3 Å². The van der Waals surface area contributed by atoms with Gasteiger partial charge in [0.05, 0.1) is 10.0 Å². The first kappa shape index (κ1) is 10.9. The molecule has 2 aromatic rings. The zero-order chi connectivity index (χ0) is 11.0. The monoisotopic (exact) mass is 279 g/mol. The number of carbonyl (C=O) groups is 1. The molecule has 0 aliphatic rings. The van der Waals surface area contributed by atoms with Gasteiger partial charge in [-0.2, -0.15) is 0 Å². The minimum absolute atomic E-state index is 0.0448. The maximum absolute atomic E-state index is 10.6. The van der Waals surface area contributed by atoms with Crippen LogP contribution in [-0.2, 0) is 0 Å². The van der Waals surface area contributed by atoms with Gasteiger partial charge >= 0.3 is 5.97 Å². The van der Waals surface area contributed by atoms with Crippen molar-refractivity contribution >= 4 is 51.8 Å². The maximum Gasteiger partial charge on any atom is 0.365 e. The van der Waals surface area contributed by atoms with Crippen LogP contribution in [-0.4, -0.2) is 16.1 Å². The smallest absolute Gasteiger partial charge is 0.365 e. The van der Waals surface area contributed by atoms with E-state index < -0.39 is 5.97 Å². The molecule has 0 spiro atoms. The molecule has 0 atom stereocenters. The van der Waals surface area contributed by atoms with Gasteiger partial charge in [-0.15, -0.1) is 22.7 Å². The summed E-state index contributed by atoms with van der Waals surface area (Å²) in [7, 11) is 0. The van der Waals surface area contributed by atoms with E-state index in [0.717, 1.165) is 11.3 Å². The Morgan fingerprint density at radius 2 is 2.20 bits per heavy atom. The van der Waals surface area contributed by atoms with Crippen molar-refractivity contribution in [1.29, 1.82) is 0 Å². The van der Waals surface area contributed by atoms with Gasteiger partial charge in [0.15, 0.2) is 0 Å². The lowest BCUT2D eigenvalue weighted by molar-refractivity contribution is 0.0696. The maximum atomic E-state index is 10.6. The van der Waals surface area contributed by atoms with E-state index >= 15 is 0 Å². The van der Waals surface area contributed by atoms with E-state index in [0.29, 0.717) is 19.9 Å². The lowest BCUT2D eigenvalue weighted by Gasteiger charge is -1.90. The number of rotatable bonds is 2. The summed E-state index contributed by atoms with van der Waals surface area (Å²) >= 11 is 14.0. The average Bonchev–Trinajstić information content (AvgIpc) is 2.71. The molecule has 0 aliphatic carbocycles. The number of nitrogens with zero attached hydrogens (tertiary/aromatic N) is 1. The Morgan fingerprint density at radius 1 is 1.47 bits per heavy atom. The lowest BCUT2D eigenvalue weighted by Crippen LogP contribution is -1.94. The molecule has 2 heterocycles. The lowest BCUT2D eigenvalue weighted by atomic mass is 10.3. The summed E-state index contributed by atoms with van der Waals surface area (Å²) in [5.41, 5.74) is 1.22. The van der Waals surface area contributed by atoms with Crippen molar-refractivity contribution in [2.24, 2.45) is 0 Å². The summed E-state index contributed by atoms with van der Waals surface area (Å²) in [6, 6.07) is 1.68. The molecular formula is C8H3Cl2NO2S2. The van der Waals surface area contributed by atoms with Crippen molar-refractivity contribution in [3.05, 3.63) is 25.1 Å². The van der Waals surface area contributed by atoms with Crippen molar-refractivity contribution in [2.45, 2.75) is 0 Å². The third-order valence-electron chi connectivity index (χ3n) is 1.62. The molecule has 2 rings (SSSR count). The summed E-state index contributed by atoms with van der Waals surface area (Å²) in [5.74, 6) is -1.04. The van der Waals surface area contributed by atoms with E-state index in [2.05, 4.69) is 4.98 Å². The summed E-state index contributed by atoms with van der Waals surface area (Å²) in [4.78, 5) is 14.6. The van der Waals surface area contributed by atoms with Crippen LogP contribution in [0.15, 0.2) is 11.4 Å². The zero-order valence-corrected chi connectivity index (χ0v) is 10.2. The van der Waals surface area contributed by atoms with Crippen molar-refractivity contribution in [1.82, 2.24) is 4.98 Å². The van der Waals surface area contributed by atoms with Crippen LogP contribution in [0.3, 0.4) is 0 Å². The Labute approximate surface area is 103 Å². The van der Waals surface area contributed by atoms with Gasteiger partial charge in [-0.3, -0.25) is 0 Å². The molecule has 0 unspecified atom stereocenters. The highest BCUT2D eigenvalue weighted by Gasteiger charge is 2.14. The van der Waals surface area contributed by atoms with Gasteiger partial charge < -0.3 is 5.11 Å². The Kier molecular flexibility index (Phi) is 2.97. The van der Waals surface area contributed by atoms with Crippen LogP contribution in [0.5, 0.6) is 0 Å². The van der Waals surface area contributed by atoms with Gasteiger partial charge in [-0.1, -0.05) is 23.2 Å². The minimum atomic E-state index is -1.04. The standard InChI is InChI=1S/C8H3Cl2NO2S2/c9-5-1-3(6(10)15-5)4-2-14-7(11-4)8(12)13/h1-2H,(H,12,13). The van der Waals surface area contributed by atoms with Crippen LogP contribution in [0.2, 0.25) is 8.67 Å². The first-order valence-corrected chi connectivity index (χ1v) is 6.17. The second-order valence-corrected chi connectivity index (χ2v) is 5.72. The zero-order valence-electron chi connectivity index (χ0n) is 7.03. The molecule has 7 heteroatoms. The summed E-state index contributed by atoms with van der Waals surface area (Å²) in [6.07, 6.45) is 0. The van der Waals surface area contributed by atoms with Crippen molar-refractivity contribution in [2.75, 3.05) is 0 Å². The topological polar surface area (TPSA) is 50.2 Å². The molecule has 1 N–H and O–H groups in total. The number of thiophene rings is 1. The third kappa shape index (κ3) is 2.15. The Balaban J connectivity index is 2.45. The highest BCUT2D eigenvalue weighted by atomic mass is 35.5. The Morgan fingerprint density at radius 3 is 2.67 bits per heavy atom. The Bertz CT molecular complexity index is 520. The van der Waals surface area contributed by atoms with Gasteiger partial charge in [0.1, 0.15) is 4.34 Å². The molecule has 0 saturated carbocycles. The summed E-state index contributed by atoms with van der Waals surface area (Å²) in [5, 5.41) is 10.4. The summed E-state index contributed by atoms with van der Waals surface area (Å²) < 4.78 is 1.07. The summed E-state index contributed by atoms with van der Waals surface area (Å²) in [6.45, 7) is 0. The molecular weight excluding hydrogens is 277 g/mol. The quantitative estimate of drug-likeness (QED) is 0.908. The highest BCUT2D eigenvalue weighted by Crippen LogP contribution is 2.38. The van der Waals surface area contributed by atoms with Crippen molar-refractivity contribution in [3.8, 4) is 11.3 Å². The largest absolute Gasteiger partial charge is 0.476 e.